The minimum atomic E-state index is -0.117. The van der Waals surface area contributed by atoms with E-state index >= 15 is 0 Å². The van der Waals surface area contributed by atoms with Crippen LogP contribution in [0.4, 0.5) is 11.4 Å². The van der Waals surface area contributed by atoms with Gasteiger partial charge < -0.3 is 9.62 Å². The van der Waals surface area contributed by atoms with Gasteiger partial charge in [0, 0.05) is 23.9 Å². The number of rotatable bonds is 4. The molecular weight excluding hydrogens is 336 g/mol. The topological polar surface area (TPSA) is 32.3 Å². The van der Waals surface area contributed by atoms with Crippen molar-refractivity contribution in [3.05, 3.63) is 54.1 Å². The first-order valence-corrected chi connectivity index (χ1v) is 9.72. The molecule has 0 atom stereocenters. The van der Waals surface area contributed by atoms with Crippen LogP contribution < -0.4 is 9.62 Å². The Hall–Kier alpha value is -1.59. The van der Waals surface area contributed by atoms with Crippen molar-refractivity contribution < 1.29 is 4.79 Å². The highest BCUT2D eigenvalue weighted by Crippen LogP contribution is 2.24. The van der Waals surface area contributed by atoms with Crippen LogP contribution >= 0.6 is 24.6 Å². The SMILES string of the molecule is CC.CC.CSN(C)c1ccccc1C(=O)Nc1ccc(S)cc1. The maximum Gasteiger partial charge on any atom is 0.257 e. The molecule has 1 N–H and O–H groups in total. The van der Waals surface area contributed by atoms with Crippen LogP contribution in [0.5, 0.6) is 0 Å². The second-order valence-electron chi connectivity index (χ2n) is 4.20. The van der Waals surface area contributed by atoms with E-state index in [-0.39, 0.29) is 5.91 Å². The van der Waals surface area contributed by atoms with Gasteiger partial charge in [-0.2, -0.15) is 0 Å². The summed E-state index contributed by atoms with van der Waals surface area (Å²) in [5.41, 5.74) is 2.30. The van der Waals surface area contributed by atoms with E-state index in [4.69, 9.17) is 0 Å². The zero-order valence-corrected chi connectivity index (χ0v) is 17.0. The Bertz CT molecular complexity index is 601. The molecule has 0 saturated carbocycles. The number of nitrogens with zero attached hydrogens (tertiary/aromatic N) is 1. The number of hydrogen-bond acceptors (Lipinski definition) is 4. The Morgan fingerprint density at radius 3 is 2.08 bits per heavy atom. The lowest BCUT2D eigenvalue weighted by Crippen LogP contribution is -2.17. The van der Waals surface area contributed by atoms with Gasteiger partial charge in [-0.3, -0.25) is 4.79 Å². The zero-order chi connectivity index (χ0) is 18.5. The van der Waals surface area contributed by atoms with E-state index in [1.165, 1.54) is 0 Å². The van der Waals surface area contributed by atoms with E-state index in [2.05, 4.69) is 17.9 Å². The van der Waals surface area contributed by atoms with E-state index in [1.54, 1.807) is 11.9 Å². The summed E-state index contributed by atoms with van der Waals surface area (Å²) in [5, 5.41) is 2.90. The van der Waals surface area contributed by atoms with E-state index in [9.17, 15) is 4.79 Å². The van der Waals surface area contributed by atoms with Crippen molar-refractivity contribution >= 4 is 41.9 Å². The maximum absolute atomic E-state index is 12.4. The van der Waals surface area contributed by atoms with Crippen molar-refractivity contribution in [3.8, 4) is 0 Å². The minimum absolute atomic E-state index is 0.117. The predicted molar refractivity (Wildman–Crippen MR) is 113 cm³/mol. The molecule has 0 aliphatic carbocycles. The van der Waals surface area contributed by atoms with Gasteiger partial charge in [0.25, 0.3) is 5.91 Å². The van der Waals surface area contributed by atoms with Crippen LogP contribution in [0, 0.1) is 0 Å². The summed E-state index contributed by atoms with van der Waals surface area (Å²) in [6.07, 6.45) is 1.97. The van der Waals surface area contributed by atoms with Crippen LogP contribution in [0.1, 0.15) is 38.1 Å². The standard InChI is InChI=1S/C15H16N2OS2.2C2H6/c1-17(20-2)14-6-4-3-5-13(14)15(18)16-11-7-9-12(19)10-8-11;2*1-2/h3-10,19H,1-2H3,(H,16,18);2*1-2H3. The number of para-hydroxylation sites is 1. The quantitative estimate of drug-likeness (QED) is 0.516. The first-order valence-electron chi connectivity index (χ1n) is 8.09. The lowest BCUT2D eigenvalue weighted by Gasteiger charge is -2.18. The molecule has 5 heteroatoms. The van der Waals surface area contributed by atoms with Crippen molar-refractivity contribution in [2.45, 2.75) is 32.6 Å². The highest BCUT2D eigenvalue weighted by atomic mass is 32.2. The van der Waals surface area contributed by atoms with Crippen LogP contribution in [-0.4, -0.2) is 19.2 Å². The van der Waals surface area contributed by atoms with Crippen molar-refractivity contribution in [1.29, 1.82) is 0 Å². The van der Waals surface area contributed by atoms with E-state index in [0.717, 1.165) is 16.3 Å². The van der Waals surface area contributed by atoms with Gasteiger partial charge in [0.2, 0.25) is 0 Å². The normalized spacial score (nSPS) is 8.96. The number of nitrogens with one attached hydrogen (secondary N) is 1. The maximum atomic E-state index is 12.4. The predicted octanol–water partition coefficient (Wildman–Crippen LogP) is 5.99. The number of hydrogen-bond donors (Lipinski definition) is 2. The van der Waals surface area contributed by atoms with Crippen LogP contribution in [0.2, 0.25) is 0 Å². The summed E-state index contributed by atoms with van der Waals surface area (Å²) in [6.45, 7) is 8.00. The van der Waals surface area contributed by atoms with Crippen molar-refractivity contribution in [1.82, 2.24) is 0 Å². The van der Waals surface area contributed by atoms with Crippen molar-refractivity contribution in [3.63, 3.8) is 0 Å². The van der Waals surface area contributed by atoms with Gasteiger partial charge in [-0.25, -0.2) is 0 Å². The molecule has 132 valence electrons. The molecule has 0 aliphatic heterocycles. The third-order valence-corrected chi connectivity index (χ3v) is 3.93. The number of carbonyl (C=O) groups excluding carboxylic acids is 1. The Kier molecular flexibility index (Phi) is 11.9. The fraction of sp³-hybridized carbons (Fsp3) is 0.316. The van der Waals surface area contributed by atoms with Crippen LogP contribution in [-0.2, 0) is 0 Å². The molecule has 2 rings (SSSR count). The molecule has 0 saturated heterocycles. The molecule has 0 aromatic heterocycles. The summed E-state index contributed by atoms with van der Waals surface area (Å²) < 4.78 is 1.96. The third-order valence-electron chi connectivity index (χ3n) is 2.89. The number of carbonyl (C=O) groups is 1. The van der Waals surface area contributed by atoms with E-state index in [0.29, 0.717) is 5.56 Å². The lowest BCUT2D eigenvalue weighted by atomic mass is 10.1. The summed E-state index contributed by atoms with van der Waals surface area (Å²) in [4.78, 5) is 13.2. The monoisotopic (exact) mass is 364 g/mol. The first-order chi connectivity index (χ1) is 11.6. The molecular formula is C19H28N2OS2. The second-order valence-corrected chi connectivity index (χ2v) is 5.63. The first kappa shape index (κ1) is 22.4. The van der Waals surface area contributed by atoms with Gasteiger partial charge in [-0.05, 0) is 36.4 Å². The number of thiol groups is 1. The Morgan fingerprint density at radius 1 is 1.00 bits per heavy atom. The summed E-state index contributed by atoms with van der Waals surface area (Å²) >= 11 is 5.79. The Morgan fingerprint density at radius 2 is 1.54 bits per heavy atom. The minimum Gasteiger partial charge on any atom is -0.322 e. The highest BCUT2D eigenvalue weighted by Gasteiger charge is 2.13. The van der Waals surface area contributed by atoms with E-state index in [1.807, 2.05) is 93.8 Å². The van der Waals surface area contributed by atoms with Gasteiger partial charge >= 0.3 is 0 Å². The van der Waals surface area contributed by atoms with Gasteiger partial charge in [-0.1, -0.05) is 51.8 Å². The van der Waals surface area contributed by atoms with Crippen LogP contribution in [0.3, 0.4) is 0 Å². The highest BCUT2D eigenvalue weighted by molar-refractivity contribution is 7.99. The molecule has 0 heterocycles. The number of amides is 1. The fourth-order valence-electron chi connectivity index (χ4n) is 1.78. The largest absolute Gasteiger partial charge is 0.322 e. The van der Waals surface area contributed by atoms with E-state index < -0.39 is 0 Å². The van der Waals surface area contributed by atoms with Crippen LogP contribution in [0.25, 0.3) is 0 Å². The fourth-order valence-corrected chi connectivity index (χ4v) is 2.29. The number of benzene rings is 2. The average Bonchev–Trinajstić information content (AvgIpc) is 2.66. The van der Waals surface area contributed by atoms with Gasteiger partial charge in [0.1, 0.15) is 0 Å². The number of anilines is 2. The van der Waals surface area contributed by atoms with Gasteiger partial charge in [-0.15, -0.1) is 12.6 Å². The molecule has 2 aromatic rings. The summed E-state index contributed by atoms with van der Waals surface area (Å²) in [6, 6.07) is 14.9. The van der Waals surface area contributed by atoms with Gasteiger partial charge in [0.15, 0.2) is 0 Å². The molecule has 0 unspecified atom stereocenters. The van der Waals surface area contributed by atoms with Gasteiger partial charge in [0.05, 0.1) is 11.3 Å². The zero-order valence-electron chi connectivity index (χ0n) is 15.3. The summed E-state index contributed by atoms with van der Waals surface area (Å²) in [5.74, 6) is -0.117. The Balaban J connectivity index is 0.00000123. The van der Waals surface area contributed by atoms with Crippen LogP contribution in [0.15, 0.2) is 53.4 Å². The smallest absolute Gasteiger partial charge is 0.257 e. The molecule has 0 radical (unpaired) electrons. The second kappa shape index (κ2) is 12.8. The molecule has 2 aromatic carbocycles. The third kappa shape index (κ3) is 6.89. The molecule has 24 heavy (non-hydrogen) atoms. The van der Waals surface area contributed by atoms with Crippen molar-refractivity contribution in [2.75, 3.05) is 22.9 Å². The molecule has 0 bridgehead atoms. The lowest BCUT2D eigenvalue weighted by molar-refractivity contribution is 0.102. The molecule has 0 spiro atoms. The molecule has 0 aliphatic rings. The Labute approximate surface area is 156 Å². The molecule has 3 nitrogen and oxygen atoms in total. The molecule has 1 amide bonds. The summed E-state index contributed by atoms with van der Waals surface area (Å²) in [7, 11) is 1.94. The molecule has 0 fully saturated rings. The average molecular weight is 365 g/mol. The van der Waals surface area contributed by atoms with Crippen molar-refractivity contribution in [2.24, 2.45) is 0 Å².